The summed E-state index contributed by atoms with van der Waals surface area (Å²) in [5.74, 6) is 1.43. The minimum absolute atomic E-state index is 0.0601. The number of hydrogen-bond acceptors (Lipinski definition) is 6. The first-order valence-corrected chi connectivity index (χ1v) is 9.75. The summed E-state index contributed by atoms with van der Waals surface area (Å²) in [6.07, 6.45) is 3.74. The van der Waals surface area contributed by atoms with Gasteiger partial charge in [0.2, 0.25) is 17.8 Å². The molecule has 0 radical (unpaired) electrons. The molecule has 2 heterocycles. The van der Waals surface area contributed by atoms with E-state index in [4.69, 9.17) is 4.74 Å². The van der Waals surface area contributed by atoms with Gasteiger partial charge in [-0.2, -0.15) is 0 Å². The number of para-hydroxylation sites is 1. The lowest BCUT2D eigenvalue weighted by Crippen LogP contribution is -2.49. The lowest BCUT2D eigenvalue weighted by atomic mass is 10.1. The summed E-state index contributed by atoms with van der Waals surface area (Å²) >= 11 is 0. The molecular weight excluding hydrogens is 370 g/mol. The zero-order chi connectivity index (χ0) is 20.6. The fourth-order valence-corrected chi connectivity index (χ4v) is 3.39. The molecule has 0 saturated carbocycles. The van der Waals surface area contributed by atoms with Gasteiger partial charge in [0.1, 0.15) is 5.75 Å². The zero-order valence-corrected chi connectivity index (χ0v) is 17.0. The van der Waals surface area contributed by atoms with E-state index in [0.717, 1.165) is 11.3 Å². The van der Waals surface area contributed by atoms with Gasteiger partial charge in [0.05, 0.1) is 7.11 Å². The lowest BCUT2D eigenvalue weighted by molar-refractivity contribution is -0.134. The van der Waals surface area contributed by atoms with Gasteiger partial charge in [-0.15, -0.1) is 0 Å². The first kappa shape index (κ1) is 20.6. The van der Waals surface area contributed by atoms with Crippen LogP contribution in [0.5, 0.6) is 5.75 Å². The number of aromatic nitrogens is 2. The van der Waals surface area contributed by atoms with Crippen molar-refractivity contribution in [3.8, 4) is 5.75 Å². The van der Waals surface area contributed by atoms with E-state index < -0.39 is 0 Å². The van der Waals surface area contributed by atoms with Crippen LogP contribution < -0.4 is 9.64 Å². The molecule has 1 aliphatic heterocycles. The van der Waals surface area contributed by atoms with Crippen molar-refractivity contribution in [2.24, 2.45) is 0 Å². The van der Waals surface area contributed by atoms with Gasteiger partial charge in [0.25, 0.3) is 0 Å². The second-order valence-corrected chi connectivity index (χ2v) is 6.92. The van der Waals surface area contributed by atoms with Crippen molar-refractivity contribution >= 4 is 17.8 Å². The van der Waals surface area contributed by atoms with E-state index in [1.54, 1.807) is 30.5 Å². The van der Waals surface area contributed by atoms with Crippen LogP contribution in [0.25, 0.3) is 0 Å². The third kappa shape index (κ3) is 5.43. The Labute approximate surface area is 171 Å². The normalized spacial score (nSPS) is 13.9. The van der Waals surface area contributed by atoms with Gasteiger partial charge in [0.15, 0.2) is 0 Å². The molecule has 1 aliphatic rings. The SMILES string of the molecule is COc1ccccc1CN(CCC(=O)N1CCN(c2ncccn2)CC1)C(C)=O. The molecule has 154 valence electrons. The summed E-state index contributed by atoms with van der Waals surface area (Å²) in [4.78, 5) is 38.9. The molecule has 8 heteroatoms. The smallest absolute Gasteiger partial charge is 0.225 e. The van der Waals surface area contributed by atoms with E-state index in [1.807, 2.05) is 29.2 Å². The highest BCUT2D eigenvalue weighted by atomic mass is 16.5. The van der Waals surface area contributed by atoms with Crippen molar-refractivity contribution in [3.05, 3.63) is 48.3 Å². The van der Waals surface area contributed by atoms with Gasteiger partial charge < -0.3 is 19.4 Å². The van der Waals surface area contributed by atoms with Crippen molar-refractivity contribution in [1.29, 1.82) is 0 Å². The molecule has 0 aliphatic carbocycles. The summed E-state index contributed by atoms with van der Waals surface area (Å²) in [6.45, 7) is 4.99. The van der Waals surface area contributed by atoms with Gasteiger partial charge in [-0.3, -0.25) is 9.59 Å². The molecule has 8 nitrogen and oxygen atoms in total. The van der Waals surface area contributed by atoms with E-state index in [0.29, 0.717) is 51.6 Å². The highest BCUT2D eigenvalue weighted by Gasteiger charge is 2.23. The van der Waals surface area contributed by atoms with Crippen LogP contribution in [0.4, 0.5) is 5.95 Å². The number of anilines is 1. The van der Waals surface area contributed by atoms with E-state index in [-0.39, 0.29) is 11.8 Å². The molecule has 0 spiro atoms. The van der Waals surface area contributed by atoms with Gasteiger partial charge in [-0.05, 0) is 12.1 Å². The minimum atomic E-state index is -0.0604. The average molecular weight is 397 g/mol. The predicted molar refractivity (Wildman–Crippen MR) is 110 cm³/mol. The Hall–Kier alpha value is -3.16. The molecule has 1 aromatic heterocycles. The average Bonchev–Trinajstić information content (AvgIpc) is 2.77. The summed E-state index contributed by atoms with van der Waals surface area (Å²) in [5.41, 5.74) is 0.925. The lowest BCUT2D eigenvalue weighted by Gasteiger charge is -2.35. The number of hydrogen-bond donors (Lipinski definition) is 0. The fourth-order valence-electron chi connectivity index (χ4n) is 3.39. The van der Waals surface area contributed by atoms with Gasteiger partial charge in [-0.1, -0.05) is 18.2 Å². The maximum absolute atomic E-state index is 12.7. The van der Waals surface area contributed by atoms with Gasteiger partial charge in [-0.25, -0.2) is 9.97 Å². The zero-order valence-electron chi connectivity index (χ0n) is 17.0. The van der Waals surface area contributed by atoms with E-state index in [2.05, 4.69) is 14.9 Å². The molecule has 0 atom stereocenters. The Balaban J connectivity index is 1.51. The van der Waals surface area contributed by atoms with Crippen molar-refractivity contribution in [3.63, 3.8) is 0 Å². The van der Waals surface area contributed by atoms with Crippen LogP contribution in [0.1, 0.15) is 18.9 Å². The number of methoxy groups -OCH3 is 1. The predicted octanol–water partition coefficient (Wildman–Crippen LogP) is 1.57. The third-order valence-electron chi connectivity index (χ3n) is 5.06. The topological polar surface area (TPSA) is 78.9 Å². The Kier molecular flexibility index (Phi) is 6.99. The Morgan fingerprint density at radius 3 is 2.41 bits per heavy atom. The number of carbonyl (C=O) groups excluding carboxylic acids is 2. The number of carbonyl (C=O) groups is 2. The Morgan fingerprint density at radius 1 is 1.07 bits per heavy atom. The van der Waals surface area contributed by atoms with Crippen molar-refractivity contribution in [1.82, 2.24) is 19.8 Å². The molecule has 29 heavy (non-hydrogen) atoms. The maximum Gasteiger partial charge on any atom is 0.225 e. The second kappa shape index (κ2) is 9.86. The first-order chi connectivity index (χ1) is 14.1. The molecule has 1 saturated heterocycles. The molecule has 2 aromatic rings. The third-order valence-corrected chi connectivity index (χ3v) is 5.06. The fraction of sp³-hybridized carbons (Fsp3) is 0.429. The Bertz CT molecular complexity index is 822. The molecule has 0 unspecified atom stereocenters. The van der Waals surface area contributed by atoms with Crippen LogP contribution in [0.2, 0.25) is 0 Å². The van der Waals surface area contributed by atoms with Crippen LogP contribution in [0.3, 0.4) is 0 Å². The highest BCUT2D eigenvalue weighted by molar-refractivity contribution is 5.78. The van der Waals surface area contributed by atoms with Crippen molar-refractivity contribution in [2.45, 2.75) is 19.9 Å². The maximum atomic E-state index is 12.7. The molecule has 1 fully saturated rings. The highest BCUT2D eigenvalue weighted by Crippen LogP contribution is 2.19. The van der Waals surface area contributed by atoms with Crippen LogP contribution in [-0.2, 0) is 16.1 Å². The minimum Gasteiger partial charge on any atom is -0.496 e. The molecule has 0 bridgehead atoms. The second-order valence-electron chi connectivity index (χ2n) is 6.92. The standard InChI is InChI=1S/C21H27N5O3/c1-17(27)26(16-18-6-3-4-7-19(18)29-2)11-8-20(28)24-12-14-25(15-13-24)21-22-9-5-10-23-21/h3-7,9-10H,8,11-16H2,1-2H3. The van der Waals surface area contributed by atoms with Crippen LogP contribution in [0.15, 0.2) is 42.7 Å². The van der Waals surface area contributed by atoms with Crippen LogP contribution >= 0.6 is 0 Å². The van der Waals surface area contributed by atoms with Crippen molar-refractivity contribution < 1.29 is 14.3 Å². The molecule has 3 rings (SSSR count). The van der Waals surface area contributed by atoms with E-state index >= 15 is 0 Å². The summed E-state index contributed by atoms with van der Waals surface area (Å²) in [6, 6.07) is 9.40. The van der Waals surface area contributed by atoms with Gasteiger partial charge >= 0.3 is 0 Å². The first-order valence-electron chi connectivity index (χ1n) is 9.75. The molecule has 2 amide bonds. The summed E-state index contributed by atoms with van der Waals surface area (Å²) in [7, 11) is 1.61. The number of rotatable bonds is 7. The number of nitrogens with zero attached hydrogens (tertiary/aromatic N) is 5. The number of benzene rings is 1. The largest absolute Gasteiger partial charge is 0.496 e. The molecule has 1 aromatic carbocycles. The Morgan fingerprint density at radius 2 is 1.76 bits per heavy atom. The summed E-state index contributed by atoms with van der Waals surface area (Å²) < 4.78 is 5.37. The summed E-state index contributed by atoms with van der Waals surface area (Å²) in [5, 5.41) is 0. The van der Waals surface area contributed by atoms with Crippen LogP contribution in [0, 0.1) is 0 Å². The van der Waals surface area contributed by atoms with Crippen LogP contribution in [-0.4, -0.2) is 71.4 Å². The monoisotopic (exact) mass is 397 g/mol. The van der Waals surface area contributed by atoms with Gasteiger partial charge in [0, 0.05) is 70.6 Å². The van der Waals surface area contributed by atoms with Crippen molar-refractivity contribution in [2.75, 3.05) is 44.7 Å². The number of piperazine rings is 1. The molecule has 0 N–H and O–H groups in total. The quantitative estimate of drug-likeness (QED) is 0.706. The number of ether oxygens (including phenoxy) is 1. The van der Waals surface area contributed by atoms with E-state index in [9.17, 15) is 9.59 Å². The van der Waals surface area contributed by atoms with E-state index in [1.165, 1.54) is 6.92 Å². The molecular formula is C21H27N5O3. The number of amides is 2.